The standard InChI is InChI=1S/C14H19NO3S3/c1-10(19-2)7-8-15-21(17,18)14-11-5-3-4-6-12(11)20-13(14)9-16/h3-6,10,15-16H,7-9H2,1-2H3. The molecule has 1 heterocycles. The summed E-state index contributed by atoms with van der Waals surface area (Å²) in [5, 5.41) is 10.5. The monoisotopic (exact) mass is 345 g/mol. The van der Waals surface area contributed by atoms with Crippen LogP contribution in [0.2, 0.25) is 0 Å². The molecule has 0 spiro atoms. The van der Waals surface area contributed by atoms with Gasteiger partial charge in [0.05, 0.1) is 11.5 Å². The van der Waals surface area contributed by atoms with Crippen molar-refractivity contribution in [2.24, 2.45) is 0 Å². The van der Waals surface area contributed by atoms with Crippen molar-refractivity contribution in [2.45, 2.75) is 30.1 Å². The third kappa shape index (κ3) is 3.78. The van der Waals surface area contributed by atoms with E-state index in [1.807, 2.05) is 24.5 Å². The van der Waals surface area contributed by atoms with E-state index in [0.29, 0.717) is 22.1 Å². The Morgan fingerprint density at radius 1 is 1.38 bits per heavy atom. The SMILES string of the molecule is CSC(C)CCNS(=O)(=O)c1c(CO)sc2ccccc12. The average molecular weight is 346 g/mol. The van der Waals surface area contributed by atoms with Gasteiger partial charge in [-0.3, -0.25) is 0 Å². The van der Waals surface area contributed by atoms with Gasteiger partial charge in [-0.1, -0.05) is 25.1 Å². The van der Waals surface area contributed by atoms with Crippen LogP contribution in [0.15, 0.2) is 29.2 Å². The van der Waals surface area contributed by atoms with Crippen LogP contribution in [-0.4, -0.2) is 31.6 Å². The first kappa shape index (κ1) is 16.8. The van der Waals surface area contributed by atoms with Crippen molar-refractivity contribution in [3.63, 3.8) is 0 Å². The van der Waals surface area contributed by atoms with Gasteiger partial charge in [0.2, 0.25) is 10.0 Å². The summed E-state index contributed by atoms with van der Waals surface area (Å²) in [4.78, 5) is 0.712. The molecule has 0 fully saturated rings. The molecule has 4 nitrogen and oxygen atoms in total. The molecule has 0 saturated carbocycles. The van der Waals surface area contributed by atoms with Crippen LogP contribution in [0.5, 0.6) is 0 Å². The van der Waals surface area contributed by atoms with E-state index in [-0.39, 0.29) is 11.5 Å². The lowest BCUT2D eigenvalue weighted by Gasteiger charge is -2.10. The van der Waals surface area contributed by atoms with Crippen molar-refractivity contribution < 1.29 is 13.5 Å². The molecule has 1 atom stereocenters. The molecule has 116 valence electrons. The molecule has 0 saturated heterocycles. The first-order valence-corrected chi connectivity index (χ1v) is 10.2. The summed E-state index contributed by atoms with van der Waals surface area (Å²) in [7, 11) is -3.60. The Bertz CT molecular complexity index is 709. The van der Waals surface area contributed by atoms with Gasteiger partial charge in [0.1, 0.15) is 4.90 Å². The molecule has 0 aliphatic carbocycles. The first-order chi connectivity index (χ1) is 9.99. The largest absolute Gasteiger partial charge is 0.391 e. The summed E-state index contributed by atoms with van der Waals surface area (Å²) in [6.07, 6.45) is 2.78. The number of thioether (sulfide) groups is 1. The number of nitrogens with one attached hydrogen (secondary N) is 1. The zero-order valence-electron chi connectivity index (χ0n) is 12.0. The molecule has 2 aromatic rings. The number of aliphatic hydroxyl groups excluding tert-OH is 1. The van der Waals surface area contributed by atoms with Gasteiger partial charge < -0.3 is 5.11 Å². The Labute approximate surface area is 133 Å². The van der Waals surface area contributed by atoms with Crippen LogP contribution in [0.25, 0.3) is 10.1 Å². The van der Waals surface area contributed by atoms with Crippen LogP contribution in [0, 0.1) is 0 Å². The number of hydrogen-bond acceptors (Lipinski definition) is 5. The number of sulfonamides is 1. The van der Waals surface area contributed by atoms with Crippen LogP contribution < -0.4 is 4.72 Å². The first-order valence-electron chi connectivity index (χ1n) is 6.63. The van der Waals surface area contributed by atoms with Gasteiger partial charge in [-0.15, -0.1) is 11.3 Å². The molecule has 7 heteroatoms. The molecule has 1 aromatic heterocycles. The number of hydrogen-bond donors (Lipinski definition) is 2. The predicted octanol–water partition coefficient (Wildman–Crippen LogP) is 2.81. The normalized spacial score (nSPS) is 13.7. The van der Waals surface area contributed by atoms with E-state index < -0.39 is 10.0 Å². The third-order valence-electron chi connectivity index (χ3n) is 3.28. The smallest absolute Gasteiger partial charge is 0.242 e. The molecular weight excluding hydrogens is 326 g/mol. The van der Waals surface area contributed by atoms with Crippen molar-refractivity contribution in [1.82, 2.24) is 4.72 Å². The second-order valence-corrected chi connectivity index (χ2v) is 8.86. The summed E-state index contributed by atoms with van der Waals surface area (Å²) in [6.45, 7) is 2.20. The molecule has 2 N–H and O–H groups in total. The van der Waals surface area contributed by atoms with E-state index >= 15 is 0 Å². The summed E-state index contributed by atoms with van der Waals surface area (Å²) in [5.41, 5.74) is 0. The number of aliphatic hydroxyl groups is 1. The highest BCUT2D eigenvalue weighted by Crippen LogP contribution is 2.34. The van der Waals surface area contributed by atoms with Gasteiger partial charge in [0.15, 0.2) is 0 Å². The molecule has 0 aliphatic heterocycles. The van der Waals surface area contributed by atoms with E-state index in [0.717, 1.165) is 11.1 Å². The second kappa shape index (κ2) is 7.11. The zero-order chi connectivity index (χ0) is 15.5. The van der Waals surface area contributed by atoms with Gasteiger partial charge in [-0.05, 0) is 18.7 Å². The number of rotatable bonds is 7. The molecule has 1 unspecified atom stereocenters. The fraction of sp³-hybridized carbons (Fsp3) is 0.429. The van der Waals surface area contributed by atoms with Crippen molar-refractivity contribution >= 4 is 43.2 Å². The summed E-state index contributed by atoms with van der Waals surface area (Å²) < 4.78 is 28.6. The highest BCUT2D eigenvalue weighted by atomic mass is 32.2. The molecule has 0 amide bonds. The van der Waals surface area contributed by atoms with Crippen molar-refractivity contribution in [2.75, 3.05) is 12.8 Å². The zero-order valence-corrected chi connectivity index (χ0v) is 14.4. The molecule has 0 aliphatic rings. The lowest BCUT2D eigenvalue weighted by molar-refractivity contribution is 0.283. The van der Waals surface area contributed by atoms with Crippen LogP contribution in [0.4, 0.5) is 0 Å². The molecule has 0 radical (unpaired) electrons. The third-order valence-corrected chi connectivity index (χ3v) is 7.19. The van der Waals surface area contributed by atoms with Crippen molar-refractivity contribution in [3.05, 3.63) is 29.1 Å². The molecule has 0 bridgehead atoms. The number of benzene rings is 1. The summed E-state index contributed by atoms with van der Waals surface area (Å²) in [6, 6.07) is 7.33. The maximum absolute atomic E-state index is 12.5. The Kier molecular flexibility index (Phi) is 5.67. The number of thiophene rings is 1. The summed E-state index contributed by atoms with van der Waals surface area (Å²) in [5.74, 6) is 0. The molecule has 2 rings (SSSR count). The van der Waals surface area contributed by atoms with Crippen LogP contribution in [0.3, 0.4) is 0 Å². The van der Waals surface area contributed by atoms with Crippen LogP contribution >= 0.6 is 23.1 Å². The van der Waals surface area contributed by atoms with Gasteiger partial charge in [-0.2, -0.15) is 11.8 Å². The van der Waals surface area contributed by atoms with E-state index in [1.54, 1.807) is 17.8 Å². The van der Waals surface area contributed by atoms with Gasteiger partial charge in [-0.25, -0.2) is 13.1 Å². The van der Waals surface area contributed by atoms with Crippen LogP contribution in [0.1, 0.15) is 18.2 Å². The minimum atomic E-state index is -3.60. The minimum Gasteiger partial charge on any atom is -0.391 e. The maximum Gasteiger partial charge on any atom is 0.242 e. The average Bonchev–Trinajstić information content (AvgIpc) is 2.86. The molecule has 21 heavy (non-hydrogen) atoms. The van der Waals surface area contributed by atoms with E-state index in [1.165, 1.54) is 11.3 Å². The van der Waals surface area contributed by atoms with Crippen LogP contribution in [-0.2, 0) is 16.6 Å². The van der Waals surface area contributed by atoms with Crippen molar-refractivity contribution in [1.29, 1.82) is 0 Å². The highest BCUT2D eigenvalue weighted by Gasteiger charge is 2.23. The quantitative estimate of drug-likeness (QED) is 0.810. The Morgan fingerprint density at radius 3 is 2.76 bits per heavy atom. The Hall–Kier alpha value is -0.600. The fourth-order valence-electron chi connectivity index (χ4n) is 2.06. The lowest BCUT2D eigenvalue weighted by Crippen LogP contribution is -2.26. The summed E-state index contributed by atoms with van der Waals surface area (Å²) >= 11 is 3.03. The fourth-order valence-corrected chi connectivity index (χ4v) is 5.25. The second-order valence-electron chi connectivity index (χ2n) is 4.74. The van der Waals surface area contributed by atoms with Gasteiger partial charge in [0.25, 0.3) is 0 Å². The van der Waals surface area contributed by atoms with E-state index in [2.05, 4.69) is 11.6 Å². The Morgan fingerprint density at radius 2 is 2.10 bits per heavy atom. The lowest BCUT2D eigenvalue weighted by atomic mass is 10.2. The number of fused-ring (bicyclic) bond motifs is 1. The predicted molar refractivity (Wildman–Crippen MR) is 90.5 cm³/mol. The minimum absolute atomic E-state index is 0.224. The van der Waals surface area contributed by atoms with Gasteiger partial charge in [0, 0.05) is 21.9 Å². The van der Waals surface area contributed by atoms with E-state index in [4.69, 9.17) is 0 Å². The maximum atomic E-state index is 12.5. The van der Waals surface area contributed by atoms with Crippen molar-refractivity contribution in [3.8, 4) is 0 Å². The van der Waals surface area contributed by atoms with Gasteiger partial charge >= 0.3 is 0 Å². The van der Waals surface area contributed by atoms with E-state index in [9.17, 15) is 13.5 Å². The highest BCUT2D eigenvalue weighted by molar-refractivity contribution is 7.99. The Balaban J connectivity index is 2.31. The molecular formula is C14H19NO3S3. The molecule has 1 aromatic carbocycles. The topological polar surface area (TPSA) is 66.4 Å².